The lowest BCUT2D eigenvalue weighted by Gasteiger charge is -2.03. The van der Waals surface area contributed by atoms with E-state index in [1.165, 1.54) is 0 Å². The molecule has 11 heavy (non-hydrogen) atoms. The molecule has 3 nitrogen and oxygen atoms in total. The van der Waals surface area contributed by atoms with Gasteiger partial charge in [0.1, 0.15) is 0 Å². The third-order valence-corrected chi connectivity index (χ3v) is 1.18. The van der Waals surface area contributed by atoms with E-state index in [2.05, 4.69) is 11.3 Å². The second-order valence-electron chi connectivity index (χ2n) is 2.36. The quantitative estimate of drug-likeness (QED) is 0.367. The SMILES string of the molecule is C=CC(=O)OCCC[C@H](C)O. The Bertz CT molecular complexity index is 129. The molecule has 0 spiro atoms. The molecule has 0 aromatic heterocycles. The summed E-state index contributed by atoms with van der Waals surface area (Å²) in [6.45, 7) is 5.31. The summed E-state index contributed by atoms with van der Waals surface area (Å²) in [6, 6.07) is 0. The van der Waals surface area contributed by atoms with E-state index in [0.717, 1.165) is 6.08 Å². The van der Waals surface area contributed by atoms with Gasteiger partial charge in [-0.1, -0.05) is 6.58 Å². The summed E-state index contributed by atoms with van der Waals surface area (Å²) < 4.78 is 4.67. The van der Waals surface area contributed by atoms with Gasteiger partial charge < -0.3 is 9.84 Å². The first-order valence-corrected chi connectivity index (χ1v) is 3.64. The molecule has 0 amide bonds. The highest BCUT2D eigenvalue weighted by Crippen LogP contribution is 1.95. The van der Waals surface area contributed by atoms with E-state index in [-0.39, 0.29) is 6.10 Å². The van der Waals surface area contributed by atoms with E-state index in [4.69, 9.17) is 5.11 Å². The standard InChI is InChI=1S/C8H14O3/c1-3-8(10)11-6-4-5-7(2)9/h3,7,9H,1,4-6H2,2H3/t7-/m0/s1. The third kappa shape index (κ3) is 7.06. The number of hydrogen-bond donors (Lipinski definition) is 1. The first-order chi connectivity index (χ1) is 5.16. The van der Waals surface area contributed by atoms with Gasteiger partial charge in [-0.05, 0) is 19.8 Å². The number of aliphatic hydroxyl groups excluding tert-OH is 1. The average molecular weight is 158 g/mol. The maximum Gasteiger partial charge on any atom is 0.330 e. The number of rotatable bonds is 5. The lowest BCUT2D eigenvalue weighted by molar-refractivity contribution is -0.137. The molecule has 1 N–H and O–H groups in total. The van der Waals surface area contributed by atoms with E-state index in [1.54, 1.807) is 6.92 Å². The Labute approximate surface area is 66.7 Å². The number of carbonyl (C=O) groups excluding carboxylic acids is 1. The molecule has 0 radical (unpaired) electrons. The van der Waals surface area contributed by atoms with Crippen molar-refractivity contribution in [3.05, 3.63) is 12.7 Å². The normalized spacial score (nSPS) is 12.2. The fraction of sp³-hybridized carbons (Fsp3) is 0.625. The summed E-state index contributed by atoms with van der Waals surface area (Å²) in [6.07, 6.45) is 2.15. The minimum atomic E-state index is -0.407. The Morgan fingerprint density at radius 3 is 2.91 bits per heavy atom. The van der Waals surface area contributed by atoms with Crippen LogP contribution in [0.25, 0.3) is 0 Å². The Kier molecular flexibility index (Phi) is 5.47. The lowest BCUT2D eigenvalue weighted by atomic mass is 10.2. The molecule has 0 saturated carbocycles. The monoisotopic (exact) mass is 158 g/mol. The van der Waals surface area contributed by atoms with Crippen molar-refractivity contribution in [1.29, 1.82) is 0 Å². The van der Waals surface area contributed by atoms with Crippen LogP contribution >= 0.6 is 0 Å². The molecule has 0 aliphatic carbocycles. The van der Waals surface area contributed by atoms with Gasteiger partial charge in [0.2, 0.25) is 0 Å². The highest BCUT2D eigenvalue weighted by Gasteiger charge is 1.97. The molecule has 0 unspecified atom stereocenters. The zero-order valence-electron chi connectivity index (χ0n) is 6.75. The van der Waals surface area contributed by atoms with Gasteiger partial charge in [0.15, 0.2) is 0 Å². The van der Waals surface area contributed by atoms with Crippen LogP contribution in [0.3, 0.4) is 0 Å². The minimum Gasteiger partial charge on any atom is -0.463 e. The zero-order chi connectivity index (χ0) is 8.69. The summed E-state index contributed by atoms with van der Waals surface area (Å²) in [4.78, 5) is 10.5. The Morgan fingerprint density at radius 2 is 2.45 bits per heavy atom. The predicted molar refractivity (Wildman–Crippen MR) is 42.1 cm³/mol. The number of esters is 1. The maximum absolute atomic E-state index is 10.5. The van der Waals surface area contributed by atoms with Crippen molar-refractivity contribution < 1.29 is 14.6 Å². The van der Waals surface area contributed by atoms with E-state index in [1.807, 2.05) is 0 Å². The first-order valence-electron chi connectivity index (χ1n) is 3.64. The van der Waals surface area contributed by atoms with Crippen LogP contribution in [0.4, 0.5) is 0 Å². The Hall–Kier alpha value is -0.830. The van der Waals surface area contributed by atoms with Gasteiger partial charge in [-0.25, -0.2) is 4.79 Å². The molecule has 0 aliphatic rings. The number of carbonyl (C=O) groups is 1. The van der Waals surface area contributed by atoms with E-state index in [0.29, 0.717) is 19.4 Å². The van der Waals surface area contributed by atoms with Gasteiger partial charge in [0.25, 0.3) is 0 Å². The molecule has 0 aromatic carbocycles. The number of ether oxygens (including phenoxy) is 1. The average Bonchev–Trinajstić information content (AvgIpc) is 1.97. The molecule has 1 atom stereocenters. The molecular formula is C8H14O3. The molecule has 0 fully saturated rings. The highest BCUT2D eigenvalue weighted by atomic mass is 16.5. The van der Waals surface area contributed by atoms with Crippen LogP contribution < -0.4 is 0 Å². The second kappa shape index (κ2) is 5.92. The van der Waals surface area contributed by atoms with E-state index in [9.17, 15) is 4.79 Å². The fourth-order valence-electron chi connectivity index (χ4n) is 0.610. The molecule has 0 aromatic rings. The molecule has 0 aliphatic heterocycles. The van der Waals surface area contributed by atoms with E-state index >= 15 is 0 Å². The van der Waals surface area contributed by atoms with Crippen molar-refractivity contribution in [3.63, 3.8) is 0 Å². The summed E-state index contributed by atoms with van der Waals surface area (Å²) in [7, 11) is 0. The van der Waals surface area contributed by atoms with Gasteiger partial charge in [-0.2, -0.15) is 0 Å². The summed E-state index contributed by atoms with van der Waals surface area (Å²) in [5.74, 6) is -0.407. The van der Waals surface area contributed by atoms with Gasteiger partial charge in [0.05, 0.1) is 12.7 Å². The Balaban J connectivity index is 3.14. The van der Waals surface area contributed by atoms with E-state index < -0.39 is 5.97 Å². The van der Waals surface area contributed by atoms with Crippen LogP contribution in [0.15, 0.2) is 12.7 Å². The van der Waals surface area contributed by atoms with Gasteiger partial charge in [-0.15, -0.1) is 0 Å². The lowest BCUT2D eigenvalue weighted by Crippen LogP contribution is -2.05. The van der Waals surface area contributed by atoms with Crippen LogP contribution in [-0.2, 0) is 9.53 Å². The van der Waals surface area contributed by atoms with Crippen LogP contribution in [0.2, 0.25) is 0 Å². The smallest absolute Gasteiger partial charge is 0.330 e. The molecule has 0 saturated heterocycles. The minimum absolute atomic E-state index is 0.322. The molecular weight excluding hydrogens is 144 g/mol. The molecule has 3 heteroatoms. The molecule has 0 rings (SSSR count). The predicted octanol–water partition coefficient (Wildman–Crippen LogP) is 0.877. The van der Waals surface area contributed by atoms with Crippen LogP contribution in [-0.4, -0.2) is 23.8 Å². The van der Waals surface area contributed by atoms with Crippen molar-refractivity contribution in [2.24, 2.45) is 0 Å². The fourth-order valence-corrected chi connectivity index (χ4v) is 0.610. The summed E-state index contributed by atoms with van der Waals surface area (Å²) in [5, 5.41) is 8.81. The number of aliphatic hydroxyl groups is 1. The van der Waals surface area contributed by atoms with Crippen molar-refractivity contribution in [1.82, 2.24) is 0 Å². The van der Waals surface area contributed by atoms with Gasteiger partial charge in [-0.3, -0.25) is 0 Å². The summed E-state index contributed by atoms with van der Waals surface area (Å²) in [5.41, 5.74) is 0. The zero-order valence-corrected chi connectivity index (χ0v) is 6.75. The maximum atomic E-state index is 10.5. The topological polar surface area (TPSA) is 46.5 Å². The van der Waals surface area contributed by atoms with Crippen molar-refractivity contribution >= 4 is 5.97 Å². The van der Waals surface area contributed by atoms with Crippen LogP contribution in [0.1, 0.15) is 19.8 Å². The van der Waals surface area contributed by atoms with Crippen molar-refractivity contribution in [3.8, 4) is 0 Å². The van der Waals surface area contributed by atoms with Crippen molar-refractivity contribution in [2.45, 2.75) is 25.9 Å². The van der Waals surface area contributed by atoms with Crippen LogP contribution in [0, 0.1) is 0 Å². The van der Waals surface area contributed by atoms with Crippen LogP contribution in [0.5, 0.6) is 0 Å². The molecule has 0 bridgehead atoms. The third-order valence-electron chi connectivity index (χ3n) is 1.18. The second-order valence-corrected chi connectivity index (χ2v) is 2.36. The van der Waals surface area contributed by atoms with Crippen molar-refractivity contribution in [2.75, 3.05) is 6.61 Å². The highest BCUT2D eigenvalue weighted by molar-refractivity contribution is 5.81. The molecule has 64 valence electrons. The Morgan fingerprint density at radius 1 is 1.82 bits per heavy atom. The molecule has 0 heterocycles. The first kappa shape index (κ1) is 10.2. The largest absolute Gasteiger partial charge is 0.463 e. The summed E-state index contributed by atoms with van der Waals surface area (Å²) >= 11 is 0. The van der Waals surface area contributed by atoms with Gasteiger partial charge in [0, 0.05) is 6.08 Å². The number of hydrogen-bond acceptors (Lipinski definition) is 3. The van der Waals surface area contributed by atoms with Gasteiger partial charge >= 0.3 is 5.97 Å².